The number of thioether (sulfide) groups is 1. The van der Waals surface area contributed by atoms with Crippen molar-refractivity contribution in [3.05, 3.63) is 29.6 Å². The monoisotopic (exact) mass is 316 g/mol. The molecular weight excluding hydrogens is 294 g/mol. The Morgan fingerprint density at radius 2 is 2.29 bits per heavy atom. The molecule has 0 spiro atoms. The average molecular weight is 316 g/mol. The summed E-state index contributed by atoms with van der Waals surface area (Å²) in [5, 5.41) is 4.00. The topological polar surface area (TPSA) is 34.1 Å². The molecule has 0 aliphatic heterocycles. The van der Waals surface area contributed by atoms with E-state index < -0.39 is 6.43 Å². The van der Waals surface area contributed by atoms with Crippen molar-refractivity contribution in [2.45, 2.75) is 43.6 Å². The molecule has 3 nitrogen and oxygen atoms in total. The van der Waals surface area contributed by atoms with E-state index in [2.05, 4.69) is 16.6 Å². The molecule has 118 valence electrons. The number of hydrogen-bond donors (Lipinski definition) is 1. The SMILES string of the molecule is CCOC1CC(NCCc2ccc(C(F)F)cn2)C1SC. The second kappa shape index (κ2) is 8.06. The Morgan fingerprint density at radius 1 is 1.48 bits per heavy atom. The molecule has 1 aliphatic carbocycles. The number of alkyl halides is 2. The van der Waals surface area contributed by atoms with Crippen LogP contribution in [0.3, 0.4) is 0 Å². The molecule has 21 heavy (non-hydrogen) atoms. The molecule has 1 aliphatic rings. The zero-order valence-corrected chi connectivity index (χ0v) is 13.2. The quantitative estimate of drug-likeness (QED) is 0.799. The zero-order chi connectivity index (χ0) is 15.2. The number of hydrogen-bond acceptors (Lipinski definition) is 4. The van der Waals surface area contributed by atoms with Crippen LogP contribution in [0.1, 0.15) is 31.0 Å². The lowest BCUT2D eigenvalue weighted by Crippen LogP contribution is -2.57. The number of ether oxygens (including phenoxy) is 1. The van der Waals surface area contributed by atoms with Crippen molar-refractivity contribution < 1.29 is 13.5 Å². The highest BCUT2D eigenvalue weighted by atomic mass is 32.2. The van der Waals surface area contributed by atoms with E-state index in [-0.39, 0.29) is 5.56 Å². The largest absolute Gasteiger partial charge is 0.377 e. The number of nitrogens with one attached hydrogen (secondary N) is 1. The summed E-state index contributed by atoms with van der Waals surface area (Å²) in [6.07, 6.45) is 3.06. The first-order valence-corrected chi connectivity index (χ1v) is 8.55. The number of pyridine rings is 1. The molecule has 0 bridgehead atoms. The minimum Gasteiger partial charge on any atom is -0.377 e. The van der Waals surface area contributed by atoms with Gasteiger partial charge in [-0.25, -0.2) is 8.78 Å². The van der Waals surface area contributed by atoms with Crippen LogP contribution in [0.2, 0.25) is 0 Å². The van der Waals surface area contributed by atoms with Crippen molar-refractivity contribution in [2.75, 3.05) is 19.4 Å². The molecule has 6 heteroatoms. The van der Waals surface area contributed by atoms with Gasteiger partial charge in [-0.1, -0.05) is 0 Å². The van der Waals surface area contributed by atoms with Gasteiger partial charge in [0.25, 0.3) is 6.43 Å². The van der Waals surface area contributed by atoms with Crippen LogP contribution in [0.25, 0.3) is 0 Å². The third kappa shape index (κ3) is 4.37. The van der Waals surface area contributed by atoms with Gasteiger partial charge in [0, 0.05) is 48.3 Å². The van der Waals surface area contributed by atoms with Crippen LogP contribution in [-0.4, -0.2) is 41.8 Å². The van der Waals surface area contributed by atoms with E-state index in [9.17, 15) is 8.78 Å². The molecule has 1 heterocycles. The molecule has 0 radical (unpaired) electrons. The predicted octanol–water partition coefficient (Wildman–Crippen LogP) is 3.06. The van der Waals surface area contributed by atoms with Gasteiger partial charge in [-0.05, 0) is 31.7 Å². The lowest BCUT2D eigenvalue weighted by molar-refractivity contribution is -0.00273. The third-order valence-corrected chi connectivity index (χ3v) is 4.97. The van der Waals surface area contributed by atoms with E-state index in [0.29, 0.717) is 17.4 Å². The van der Waals surface area contributed by atoms with Gasteiger partial charge in [-0.3, -0.25) is 4.98 Å². The highest BCUT2D eigenvalue weighted by Gasteiger charge is 2.40. The molecule has 1 aromatic heterocycles. The van der Waals surface area contributed by atoms with Crippen molar-refractivity contribution in [3.8, 4) is 0 Å². The molecule has 1 saturated carbocycles. The minimum absolute atomic E-state index is 0.0206. The van der Waals surface area contributed by atoms with Crippen molar-refractivity contribution in [1.29, 1.82) is 0 Å². The summed E-state index contributed by atoms with van der Waals surface area (Å²) in [5.74, 6) is 0. The third-order valence-electron chi connectivity index (χ3n) is 3.79. The number of halogens is 2. The molecule has 0 aromatic carbocycles. The summed E-state index contributed by atoms with van der Waals surface area (Å²) in [4.78, 5) is 4.07. The smallest absolute Gasteiger partial charge is 0.265 e. The maximum absolute atomic E-state index is 12.4. The van der Waals surface area contributed by atoms with E-state index in [1.54, 1.807) is 6.07 Å². The van der Waals surface area contributed by atoms with Gasteiger partial charge < -0.3 is 10.1 Å². The molecule has 3 atom stereocenters. The fourth-order valence-corrected chi connectivity index (χ4v) is 3.60. The van der Waals surface area contributed by atoms with E-state index in [1.807, 2.05) is 18.7 Å². The van der Waals surface area contributed by atoms with Crippen molar-refractivity contribution >= 4 is 11.8 Å². The maximum atomic E-state index is 12.4. The van der Waals surface area contributed by atoms with Crippen LogP contribution in [0.15, 0.2) is 18.3 Å². The van der Waals surface area contributed by atoms with Gasteiger partial charge in [-0.15, -0.1) is 0 Å². The summed E-state index contributed by atoms with van der Waals surface area (Å²) >= 11 is 1.83. The van der Waals surface area contributed by atoms with E-state index in [0.717, 1.165) is 31.7 Å². The predicted molar refractivity (Wildman–Crippen MR) is 82.0 cm³/mol. The van der Waals surface area contributed by atoms with E-state index in [1.165, 1.54) is 12.3 Å². The average Bonchev–Trinajstić information content (AvgIpc) is 2.46. The van der Waals surface area contributed by atoms with Crippen LogP contribution >= 0.6 is 11.8 Å². The van der Waals surface area contributed by atoms with E-state index >= 15 is 0 Å². The molecule has 1 fully saturated rings. The molecule has 1 N–H and O–H groups in total. The lowest BCUT2D eigenvalue weighted by Gasteiger charge is -2.43. The second-order valence-corrected chi connectivity index (χ2v) is 6.14. The summed E-state index contributed by atoms with van der Waals surface area (Å²) in [5.41, 5.74) is 0.820. The number of rotatable bonds is 8. The molecule has 1 aromatic rings. The molecule has 0 saturated heterocycles. The van der Waals surface area contributed by atoms with Gasteiger partial charge >= 0.3 is 0 Å². The Labute approximate surface area is 128 Å². The number of aromatic nitrogens is 1. The Hall–Kier alpha value is -0.720. The molecule has 2 rings (SSSR count). The lowest BCUT2D eigenvalue weighted by atomic mass is 9.88. The summed E-state index contributed by atoms with van der Waals surface area (Å²) in [7, 11) is 0. The van der Waals surface area contributed by atoms with Crippen molar-refractivity contribution in [2.24, 2.45) is 0 Å². The standard InChI is InChI=1S/C15H22F2N2OS/c1-3-20-13-8-12(14(13)21-2)18-7-6-11-5-4-10(9-19-11)15(16)17/h4-5,9,12-15,18H,3,6-8H2,1-2H3. The molecule has 0 amide bonds. The van der Waals surface area contributed by atoms with E-state index in [4.69, 9.17) is 4.74 Å². The minimum atomic E-state index is -2.45. The fraction of sp³-hybridized carbons (Fsp3) is 0.667. The first kappa shape index (κ1) is 16.6. The zero-order valence-electron chi connectivity index (χ0n) is 12.4. The fourth-order valence-electron chi connectivity index (χ4n) is 2.57. The maximum Gasteiger partial charge on any atom is 0.265 e. The Morgan fingerprint density at radius 3 is 2.86 bits per heavy atom. The summed E-state index contributed by atoms with van der Waals surface area (Å²) < 4.78 is 30.5. The van der Waals surface area contributed by atoms with Crippen LogP contribution in [0, 0.1) is 0 Å². The van der Waals surface area contributed by atoms with Gasteiger partial charge in [0.2, 0.25) is 0 Å². The van der Waals surface area contributed by atoms with Crippen molar-refractivity contribution in [1.82, 2.24) is 10.3 Å². The first-order chi connectivity index (χ1) is 10.2. The van der Waals surface area contributed by atoms with Crippen LogP contribution in [0.5, 0.6) is 0 Å². The molecule has 3 unspecified atom stereocenters. The van der Waals surface area contributed by atoms with Crippen molar-refractivity contribution in [3.63, 3.8) is 0 Å². The number of nitrogens with zero attached hydrogens (tertiary/aromatic N) is 1. The Kier molecular flexibility index (Phi) is 6.39. The summed E-state index contributed by atoms with van der Waals surface area (Å²) in [6, 6.07) is 3.60. The van der Waals surface area contributed by atoms with Gasteiger partial charge in [0.1, 0.15) is 0 Å². The van der Waals surface area contributed by atoms with Crippen LogP contribution in [-0.2, 0) is 11.2 Å². The van der Waals surface area contributed by atoms with Crippen LogP contribution < -0.4 is 5.32 Å². The second-order valence-electron chi connectivity index (χ2n) is 5.12. The van der Waals surface area contributed by atoms with Gasteiger partial charge in [0.05, 0.1) is 6.10 Å². The van der Waals surface area contributed by atoms with Gasteiger partial charge in [-0.2, -0.15) is 11.8 Å². The highest BCUT2D eigenvalue weighted by molar-refractivity contribution is 7.99. The first-order valence-electron chi connectivity index (χ1n) is 7.26. The highest BCUT2D eigenvalue weighted by Crippen LogP contribution is 2.33. The normalized spacial score (nSPS) is 25.1. The Balaban J connectivity index is 1.72. The summed E-state index contributed by atoms with van der Waals surface area (Å²) in [6.45, 7) is 3.59. The molecular formula is C15H22F2N2OS. The van der Waals surface area contributed by atoms with Crippen LogP contribution in [0.4, 0.5) is 8.78 Å². The van der Waals surface area contributed by atoms with Gasteiger partial charge in [0.15, 0.2) is 0 Å². The Bertz CT molecular complexity index is 430.